The maximum Gasteiger partial charge on any atom is 0.0444 e. The topological polar surface area (TPSA) is 40.9 Å². The predicted octanol–water partition coefficient (Wildman–Crippen LogP) is 3.13. The molecule has 0 aliphatic heterocycles. The highest BCUT2D eigenvalue weighted by atomic mass is 32.2. The molecule has 2 nitrogen and oxygen atoms in total. The third-order valence-electron chi connectivity index (χ3n) is 2.28. The monoisotopic (exact) mass is 205 g/mol. The number of hydrogen-bond donors (Lipinski definition) is 1. The van der Waals surface area contributed by atoms with E-state index >= 15 is 0 Å². The van der Waals surface area contributed by atoms with Gasteiger partial charge in [-0.2, -0.15) is 0 Å². The lowest BCUT2D eigenvalue weighted by molar-refractivity contribution is 0.593. The highest BCUT2D eigenvalue weighted by Crippen LogP contribution is 2.10. The van der Waals surface area contributed by atoms with E-state index in [-0.39, 0.29) is 0 Å². The van der Waals surface area contributed by atoms with Gasteiger partial charge in [-0.15, -0.1) is 0 Å². The van der Waals surface area contributed by atoms with Gasteiger partial charge in [-0.25, -0.2) is 4.21 Å². The maximum atomic E-state index is 11.7. The molecule has 0 heterocycles. The Hall–Kier alpha value is -0.0500. The minimum absolute atomic E-state index is 0.428. The van der Waals surface area contributed by atoms with E-state index in [9.17, 15) is 4.21 Å². The van der Waals surface area contributed by atoms with Gasteiger partial charge in [0, 0.05) is 21.2 Å². The highest BCUT2D eigenvalue weighted by molar-refractivity contribution is 7.92. The van der Waals surface area contributed by atoms with Crippen LogP contribution < -0.4 is 0 Å². The Kier molecular flexibility index (Phi) is 5.61. The van der Waals surface area contributed by atoms with Crippen LogP contribution in [0.2, 0.25) is 0 Å². The van der Waals surface area contributed by atoms with Gasteiger partial charge in [-0.3, -0.25) is 4.78 Å². The molecule has 0 saturated heterocycles. The van der Waals surface area contributed by atoms with Gasteiger partial charge in [0.15, 0.2) is 0 Å². The third-order valence-corrected chi connectivity index (χ3v) is 4.28. The fourth-order valence-electron chi connectivity index (χ4n) is 1.09. The summed E-state index contributed by atoms with van der Waals surface area (Å²) in [6.45, 7) is 8.38. The minimum Gasteiger partial charge on any atom is -0.253 e. The lowest BCUT2D eigenvalue weighted by Crippen LogP contribution is -2.16. The van der Waals surface area contributed by atoms with Gasteiger partial charge in [0.2, 0.25) is 0 Å². The Labute approximate surface area is 83.1 Å². The second-order valence-electron chi connectivity index (χ2n) is 4.38. The summed E-state index contributed by atoms with van der Waals surface area (Å²) >= 11 is 0. The summed E-state index contributed by atoms with van der Waals surface area (Å²) in [5.41, 5.74) is 0. The summed E-state index contributed by atoms with van der Waals surface area (Å²) in [6.07, 6.45) is 1.94. The highest BCUT2D eigenvalue weighted by Gasteiger charge is 2.11. The van der Waals surface area contributed by atoms with Gasteiger partial charge in [0.1, 0.15) is 0 Å². The summed E-state index contributed by atoms with van der Waals surface area (Å²) in [5.74, 6) is 2.14. The van der Waals surface area contributed by atoms with Crippen molar-refractivity contribution in [1.82, 2.24) is 0 Å². The molecule has 0 fully saturated rings. The van der Waals surface area contributed by atoms with Crippen LogP contribution in [0.25, 0.3) is 0 Å². The fourth-order valence-corrected chi connectivity index (χ4v) is 3.26. The van der Waals surface area contributed by atoms with Crippen LogP contribution in [0.15, 0.2) is 0 Å². The van der Waals surface area contributed by atoms with Crippen molar-refractivity contribution in [3.8, 4) is 0 Å². The molecule has 13 heavy (non-hydrogen) atoms. The molecule has 0 aliphatic rings. The predicted molar refractivity (Wildman–Crippen MR) is 59.5 cm³/mol. The summed E-state index contributed by atoms with van der Waals surface area (Å²) in [7, 11) is -2.29. The Morgan fingerprint density at radius 2 is 1.85 bits per heavy atom. The molecule has 0 spiro atoms. The average Bonchev–Trinajstić information content (AvgIpc) is 2.00. The molecule has 0 aromatic heterocycles. The van der Waals surface area contributed by atoms with Crippen molar-refractivity contribution < 1.29 is 4.21 Å². The molecule has 0 radical (unpaired) electrons. The van der Waals surface area contributed by atoms with Gasteiger partial charge in [0.25, 0.3) is 0 Å². The largest absolute Gasteiger partial charge is 0.253 e. The van der Waals surface area contributed by atoms with Crippen molar-refractivity contribution in [2.24, 2.45) is 11.8 Å². The molecule has 0 unspecified atom stereocenters. The van der Waals surface area contributed by atoms with Gasteiger partial charge < -0.3 is 0 Å². The first-order valence-corrected chi connectivity index (χ1v) is 7.01. The van der Waals surface area contributed by atoms with Crippen LogP contribution in [0.1, 0.15) is 40.5 Å². The number of nitrogens with one attached hydrogen (secondary N) is 1. The molecule has 80 valence electrons. The van der Waals surface area contributed by atoms with Gasteiger partial charge in [-0.1, -0.05) is 34.1 Å². The van der Waals surface area contributed by atoms with Gasteiger partial charge >= 0.3 is 0 Å². The van der Waals surface area contributed by atoms with Crippen LogP contribution in [0.3, 0.4) is 0 Å². The van der Waals surface area contributed by atoms with Gasteiger partial charge in [0.05, 0.1) is 0 Å². The Bertz CT molecular complexity index is 219. The molecule has 0 saturated carbocycles. The van der Waals surface area contributed by atoms with Crippen LogP contribution in [0.5, 0.6) is 0 Å². The first-order valence-electron chi connectivity index (χ1n) is 5.11. The Morgan fingerprint density at radius 3 is 2.23 bits per heavy atom. The SMILES string of the molecule is CC[C@H](C)C[S@@](=N)(=O)CCC(C)C. The van der Waals surface area contributed by atoms with E-state index in [1.165, 1.54) is 0 Å². The molecule has 0 aliphatic carbocycles. The van der Waals surface area contributed by atoms with Crippen LogP contribution in [-0.4, -0.2) is 15.7 Å². The molecule has 0 amide bonds. The van der Waals surface area contributed by atoms with E-state index in [0.717, 1.165) is 12.8 Å². The number of hydrogen-bond acceptors (Lipinski definition) is 2. The van der Waals surface area contributed by atoms with Crippen molar-refractivity contribution in [3.63, 3.8) is 0 Å². The zero-order chi connectivity index (χ0) is 10.5. The maximum absolute atomic E-state index is 11.7. The molecule has 0 aromatic carbocycles. The standard InChI is InChI=1S/C10H23NOS/c1-5-10(4)8-13(11,12)7-6-9(2)3/h9-11H,5-8H2,1-4H3/t10-,13-/m0/s1. The summed E-state index contributed by atoms with van der Waals surface area (Å²) in [6, 6.07) is 0. The van der Waals surface area contributed by atoms with Crippen molar-refractivity contribution in [1.29, 1.82) is 4.78 Å². The Morgan fingerprint density at radius 1 is 1.31 bits per heavy atom. The van der Waals surface area contributed by atoms with Crippen LogP contribution in [0.4, 0.5) is 0 Å². The van der Waals surface area contributed by atoms with Gasteiger partial charge in [-0.05, 0) is 18.3 Å². The molecule has 3 heteroatoms. The van der Waals surface area contributed by atoms with Crippen molar-refractivity contribution >= 4 is 9.73 Å². The van der Waals surface area contributed by atoms with E-state index in [1.54, 1.807) is 0 Å². The van der Waals surface area contributed by atoms with Crippen molar-refractivity contribution in [2.75, 3.05) is 11.5 Å². The van der Waals surface area contributed by atoms with E-state index in [1.807, 2.05) is 0 Å². The smallest absolute Gasteiger partial charge is 0.0444 e. The number of rotatable bonds is 6. The first kappa shape index (κ1) is 12.9. The molecule has 0 rings (SSSR count). The quantitative estimate of drug-likeness (QED) is 0.711. The normalized spacial score (nSPS) is 18.5. The molecule has 1 N–H and O–H groups in total. The lowest BCUT2D eigenvalue weighted by Gasteiger charge is -2.12. The molecular formula is C10H23NOS. The molecule has 0 aromatic rings. The fraction of sp³-hybridized carbons (Fsp3) is 1.00. The Balaban J connectivity index is 3.95. The lowest BCUT2D eigenvalue weighted by atomic mass is 10.2. The zero-order valence-corrected chi connectivity index (χ0v) is 10.1. The third kappa shape index (κ3) is 7.05. The summed E-state index contributed by atoms with van der Waals surface area (Å²) in [5, 5.41) is 0. The average molecular weight is 205 g/mol. The van der Waals surface area contributed by atoms with Crippen LogP contribution in [-0.2, 0) is 9.73 Å². The summed E-state index contributed by atoms with van der Waals surface area (Å²) in [4.78, 5) is 0. The summed E-state index contributed by atoms with van der Waals surface area (Å²) < 4.78 is 19.4. The van der Waals surface area contributed by atoms with E-state index in [0.29, 0.717) is 23.3 Å². The van der Waals surface area contributed by atoms with E-state index in [4.69, 9.17) is 4.78 Å². The van der Waals surface area contributed by atoms with Crippen molar-refractivity contribution in [3.05, 3.63) is 0 Å². The van der Waals surface area contributed by atoms with E-state index < -0.39 is 9.73 Å². The minimum atomic E-state index is -2.29. The van der Waals surface area contributed by atoms with E-state index in [2.05, 4.69) is 27.7 Å². The molecule has 2 atom stereocenters. The first-order chi connectivity index (χ1) is 5.87. The van der Waals surface area contributed by atoms with Crippen LogP contribution in [0, 0.1) is 16.6 Å². The van der Waals surface area contributed by atoms with Crippen molar-refractivity contribution in [2.45, 2.75) is 40.5 Å². The second kappa shape index (κ2) is 5.63. The molecular weight excluding hydrogens is 182 g/mol. The molecule has 0 bridgehead atoms. The second-order valence-corrected chi connectivity index (χ2v) is 6.74. The zero-order valence-electron chi connectivity index (χ0n) is 9.30. The van der Waals surface area contributed by atoms with Crippen LogP contribution >= 0.6 is 0 Å².